The Hall–Kier alpha value is -1.02. The van der Waals surface area contributed by atoms with Gasteiger partial charge in [0.2, 0.25) is 10.0 Å². The normalized spacial score (nSPS) is 21.8. The zero-order valence-corrected chi connectivity index (χ0v) is 12.8. The van der Waals surface area contributed by atoms with Gasteiger partial charge in [-0.05, 0) is 31.4 Å². The second-order valence-corrected chi connectivity index (χ2v) is 7.42. The van der Waals surface area contributed by atoms with Gasteiger partial charge in [0, 0.05) is 18.7 Å². The van der Waals surface area contributed by atoms with Gasteiger partial charge in [-0.2, -0.15) is 4.31 Å². The summed E-state index contributed by atoms with van der Waals surface area (Å²) < 4.78 is 26.3. The summed E-state index contributed by atoms with van der Waals surface area (Å²) in [6.07, 6.45) is 0.189. The number of benzene rings is 1. The van der Waals surface area contributed by atoms with Crippen LogP contribution in [0.4, 0.5) is 0 Å². The highest BCUT2D eigenvalue weighted by Gasteiger charge is 2.34. The van der Waals surface area contributed by atoms with Crippen LogP contribution in [0.15, 0.2) is 29.2 Å². The topological polar surface area (TPSA) is 83.6 Å². The Kier molecular flexibility index (Phi) is 4.43. The average Bonchev–Trinajstić information content (AvgIpc) is 2.89. The summed E-state index contributed by atoms with van der Waals surface area (Å²) in [4.78, 5) is 0.466. The highest BCUT2D eigenvalue weighted by molar-refractivity contribution is 7.89. The van der Waals surface area contributed by atoms with Crippen LogP contribution in [0.5, 0.6) is 0 Å². The van der Waals surface area contributed by atoms with Crippen LogP contribution in [-0.2, 0) is 10.0 Å². The van der Waals surface area contributed by atoms with E-state index < -0.39 is 16.1 Å². The Balaban J connectivity index is 2.21. The number of aliphatic hydroxyl groups excluding tert-OH is 1. The van der Waals surface area contributed by atoms with Crippen LogP contribution in [0.2, 0.25) is 0 Å². The summed E-state index contributed by atoms with van der Waals surface area (Å²) in [6.45, 7) is 2.49. The van der Waals surface area contributed by atoms with Crippen molar-refractivity contribution in [3.05, 3.63) is 29.8 Å². The van der Waals surface area contributed by atoms with Gasteiger partial charge in [0.05, 0.1) is 11.0 Å². The Morgan fingerprint density at radius 1 is 1.45 bits per heavy atom. The molecule has 1 heterocycles. The minimum Gasteiger partial charge on any atom is -0.393 e. The lowest BCUT2D eigenvalue weighted by Gasteiger charge is -2.17. The molecule has 0 radical (unpaired) electrons. The molecule has 0 aromatic heterocycles. The predicted octanol–water partition coefficient (Wildman–Crippen LogP) is 0.712. The quantitative estimate of drug-likeness (QED) is 0.800. The van der Waals surface area contributed by atoms with Crippen molar-refractivity contribution in [3.8, 4) is 0 Å². The van der Waals surface area contributed by atoms with Crippen molar-refractivity contribution in [2.45, 2.75) is 24.3 Å². The standard InChI is InChI=1S/C13H18N2O3S2/c1-9(16)11-6-7-15(8-11)20(17,18)12-4-2-10(3-5-12)13(14)19/h2-5,9,11,16H,6-8H2,1H3,(H2,14,19). The molecule has 1 saturated heterocycles. The number of sulfonamides is 1. The second-order valence-electron chi connectivity index (χ2n) is 5.04. The van der Waals surface area contributed by atoms with Gasteiger partial charge in [-0.15, -0.1) is 0 Å². The Labute approximate surface area is 124 Å². The van der Waals surface area contributed by atoms with E-state index in [0.717, 1.165) is 0 Å². The first kappa shape index (κ1) is 15.4. The number of thiocarbonyl (C=S) groups is 1. The van der Waals surface area contributed by atoms with E-state index >= 15 is 0 Å². The third-order valence-electron chi connectivity index (χ3n) is 3.65. The Morgan fingerprint density at radius 2 is 2.05 bits per heavy atom. The van der Waals surface area contributed by atoms with E-state index in [2.05, 4.69) is 0 Å². The molecule has 0 bridgehead atoms. The van der Waals surface area contributed by atoms with Crippen LogP contribution in [-0.4, -0.2) is 42.0 Å². The second kappa shape index (κ2) is 5.77. The van der Waals surface area contributed by atoms with E-state index in [1.165, 1.54) is 16.4 Å². The summed E-state index contributed by atoms with van der Waals surface area (Å²) >= 11 is 4.84. The highest BCUT2D eigenvalue weighted by atomic mass is 32.2. The Morgan fingerprint density at radius 3 is 2.50 bits per heavy atom. The first-order chi connectivity index (χ1) is 9.32. The lowest BCUT2D eigenvalue weighted by molar-refractivity contribution is 0.133. The lowest BCUT2D eigenvalue weighted by Crippen LogP contribution is -2.30. The summed E-state index contributed by atoms with van der Waals surface area (Å²) in [5.74, 6) is 0.000618. The largest absolute Gasteiger partial charge is 0.393 e. The molecule has 0 saturated carbocycles. The van der Waals surface area contributed by atoms with E-state index in [1.807, 2.05) is 0 Å². The molecule has 7 heteroatoms. The van der Waals surface area contributed by atoms with Gasteiger partial charge in [-0.3, -0.25) is 0 Å². The number of nitrogens with two attached hydrogens (primary N) is 1. The van der Waals surface area contributed by atoms with E-state index in [4.69, 9.17) is 18.0 Å². The molecular formula is C13H18N2O3S2. The van der Waals surface area contributed by atoms with Gasteiger partial charge in [0.25, 0.3) is 0 Å². The van der Waals surface area contributed by atoms with Crippen LogP contribution >= 0.6 is 12.2 Å². The molecule has 2 rings (SSSR count). The molecule has 2 atom stereocenters. The van der Waals surface area contributed by atoms with E-state index in [-0.39, 0.29) is 15.8 Å². The SMILES string of the molecule is CC(O)C1CCN(S(=O)(=O)c2ccc(C(N)=S)cc2)C1. The third-order valence-corrected chi connectivity index (χ3v) is 5.76. The fourth-order valence-corrected chi connectivity index (χ4v) is 3.95. The van der Waals surface area contributed by atoms with Gasteiger partial charge in [-0.1, -0.05) is 24.4 Å². The van der Waals surface area contributed by atoms with Gasteiger partial charge in [-0.25, -0.2) is 8.42 Å². The Bertz CT molecular complexity index is 597. The molecule has 110 valence electrons. The molecule has 20 heavy (non-hydrogen) atoms. The van der Waals surface area contributed by atoms with Crippen LogP contribution in [0.1, 0.15) is 18.9 Å². The van der Waals surface area contributed by atoms with Crippen LogP contribution in [0.25, 0.3) is 0 Å². The van der Waals surface area contributed by atoms with E-state index in [9.17, 15) is 13.5 Å². The maximum absolute atomic E-state index is 12.5. The minimum absolute atomic E-state index is 0.000618. The number of nitrogens with zero attached hydrogens (tertiary/aromatic N) is 1. The van der Waals surface area contributed by atoms with Crippen molar-refractivity contribution in [2.24, 2.45) is 11.7 Å². The van der Waals surface area contributed by atoms with E-state index in [1.54, 1.807) is 19.1 Å². The van der Waals surface area contributed by atoms with Gasteiger partial charge >= 0.3 is 0 Å². The average molecular weight is 314 g/mol. The molecule has 0 aliphatic carbocycles. The lowest BCUT2D eigenvalue weighted by atomic mass is 10.0. The fraction of sp³-hybridized carbons (Fsp3) is 0.462. The summed E-state index contributed by atoms with van der Waals surface area (Å²) in [6, 6.07) is 6.24. The number of hydrogen-bond donors (Lipinski definition) is 2. The summed E-state index contributed by atoms with van der Waals surface area (Å²) in [7, 11) is -3.51. The van der Waals surface area contributed by atoms with Gasteiger partial charge < -0.3 is 10.8 Å². The molecular weight excluding hydrogens is 296 g/mol. The molecule has 1 aromatic rings. The zero-order chi connectivity index (χ0) is 14.9. The highest BCUT2D eigenvalue weighted by Crippen LogP contribution is 2.26. The molecule has 0 amide bonds. The predicted molar refractivity (Wildman–Crippen MR) is 80.9 cm³/mol. The first-order valence-corrected chi connectivity index (χ1v) is 8.25. The third kappa shape index (κ3) is 3.01. The molecule has 1 aromatic carbocycles. The minimum atomic E-state index is -3.51. The molecule has 0 spiro atoms. The van der Waals surface area contributed by atoms with Gasteiger partial charge in [0.15, 0.2) is 0 Å². The first-order valence-electron chi connectivity index (χ1n) is 6.40. The van der Waals surface area contributed by atoms with Crippen molar-refractivity contribution in [3.63, 3.8) is 0 Å². The monoisotopic (exact) mass is 314 g/mol. The number of rotatable bonds is 4. The molecule has 3 N–H and O–H groups in total. The zero-order valence-electron chi connectivity index (χ0n) is 11.2. The van der Waals surface area contributed by atoms with Crippen molar-refractivity contribution < 1.29 is 13.5 Å². The molecule has 5 nitrogen and oxygen atoms in total. The molecule has 1 fully saturated rings. The van der Waals surface area contributed by atoms with Crippen molar-refractivity contribution in [2.75, 3.05) is 13.1 Å². The van der Waals surface area contributed by atoms with Crippen molar-refractivity contribution in [1.29, 1.82) is 0 Å². The maximum Gasteiger partial charge on any atom is 0.243 e. The van der Waals surface area contributed by atoms with Gasteiger partial charge in [0.1, 0.15) is 4.99 Å². The fourth-order valence-electron chi connectivity index (χ4n) is 2.31. The number of hydrogen-bond acceptors (Lipinski definition) is 4. The van der Waals surface area contributed by atoms with Crippen molar-refractivity contribution >= 4 is 27.2 Å². The van der Waals surface area contributed by atoms with Crippen LogP contribution in [0, 0.1) is 5.92 Å². The van der Waals surface area contributed by atoms with Crippen molar-refractivity contribution in [1.82, 2.24) is 4.31 Å². The van der Waals surface area contributed by atoms with Crippen LogP contribution in [0.3, 0.4) is 0 Å². The molecule has 1 aliphatic rings. The molecule has 1 aliphatic heterocycles. The van der Waals surface area contributed by atoms with E-state index in [0.29, 0.717) is 25.1 Å². The molecule has 2 unspecified atom stereocenters. The smallest absolute Gasteiger partial charge is 0.243 e. The maximum atomic E-state index is 12.5. The van der Waals surface area contributed by atoms with Crippen LogP contribution < -0.4 is 5.73 Å². The summed E-state index contributed by atoms with van der Waals surface area (Å²) in [5, 5.41) is 9.55. The summed E-state index contributed by atoms with van der Waals surface area (Å²) in [5.41, 5.74) is 6.13. The number of aliphatic hydroxyl groups is 1.